The number of nitrogens with two attached hydrogens (primary N) is 1. The fraction of sp³-hybridized carbons (Fsp3) is 0.750. The summed E-state index contributed by atoms with van der Waals surface area (Å²) >= 11 is 0. The van der Waals surface area contributed by atoms with Gasteiger partial charge >= 0.3 is 0 Å². The van der Waals surface area contributed by atoms with Crippen LogP contribution in [0.2, 0.25) is 0 Å². The molecule has 0 saturated heterocycles. The Labute approximate surface area is 91.7 Å². The molecule has 1 fully saturated rings. The van der Waals surface area contributed by atoms with Crippen LogP contribution in [0.4, 0.5) is 5.82 Å². The molecule has 2 N–H and O–H groups in total. The van der Waals surface area contributed by atoms with E-state index < -0.39 is 0 Å². The molecule has 0 amide bonds. The van der Waals surface area contributed by atoms with Crippen LogP contribution in [-0.4, -0.2) is 9.78 Å². The quantitative estimate of drug-likeness (QED) is 0.810. The number of aryl methyl sites for hydroxylation is 1. The Morgan fingerprint density at radius 3 is 2.60 bits per heavy atom. The van der Waals surface area contributed by atoms with Crippen molar-refractivity contribution < 1.29 is 0 Å². The van der Waals surface area contributed by atoms with Gasteiger partial charge in [0, 0.05) is 24.2 Å². The fourth-order valence-corrected chi connectivity index (χ4v) is 2.85. The molecule has 1 saturated carbocycles. The number of nitrogens with zero attached hydrogens (tertiary/aromatic N) is 2. The van der Waals surface area contributed by atoms with Crippen molar-refractivity contribution in [2.75, 3.05) is 5.73 Å². The van der Waals surface area contributed by atoms with Crippen LogP contribution in [0.15, 0.2) is 0 Å². The zero-order valence-corrected chi connectivity index (χ0v) is 9.79. The summed E-state index contributed by atoms with van der Waals surface area (Å²) in [6.45, 7) is 2.17. The summed E-state index contributed by atoms with van der Waals surface area (Å²) in [6, 6.07) is 0. The molecule has 0 aromatic carbocycles. The lowest BCUT2D eigenvalue weighted by atomic mass is 9.85. The minimum Gasteiger partial charge on any atom is -0.382 e. The van der Waals surface area contributed by atoms with E-state index in [1.807, 2.05) is 11.7 Å². The third kappa shape index (κ3) is 1.87. The maximum atomic E-state index is 5.93. The van der Waals surface area contributed by atoms with E-state index in [9.17, 15) is 0 Å². The van der Waals surface area contributed by atoms with Gasteiger partial charge in [-0.1, -0.05) is 26.2 Å². The topological polar surface area (TPSA) is 43.8 Å². The predicted octanol–water partition coefficient (Wildman–Crippen LogP) is 2.61. The van der Waals surface area contributed by atoms with Crippen LogP contribution >= 0.6 is 0 Å². The van der Waals surface area contributed by atoms with Gasteiger partial charge in [-0.25, -0.2) is 0 Å². The Morgan fingerprint density at radius 2 is 2.00 bits per heavy atom. The highest BCUT2D eigenvalue weighted by atomic mass is 15.3. The molecule has 84 valence electrons. The van der Waals surface area contributed by atoms with E-state index in [0.29, 0.717) is 5.92 Å². The molecule has 0 radical (unpaired) electrons. The first-order valence-corrected chi connectivity index (χ1v) is 6.05. The molecule has 0 atom stereocenters. The van der Waals surface area contributed by atoms with E-state index in [2.05, 4.69) is 12.0 Å². The molecule has 15 heavy (non-hydrogen) atoms. The van der Waals surface area contributed by atoms with E-state index in [1.54, 1.807) is 0 Å². The highest BCUT2D eigenvalue weighted by molar-refractivity contribution is 5.44. The first kappa shape index (κ1) is 10.5. The number of rotatable bonds is 2. The van der Waals surface area contributed by atoms with Gasteiger partial charge in [0.25, 0.3) is 0 Å². The van der Waals surface area contributed by atoms with Crippen LogP contribution in [0.3, 0.4) is 0 Å². The van der Waals surface area contributed by atoms with E-state index in [-0.39, 0.29) is 0 Å². The van der Waals surface area contributed by atoms with Crippen LogP contribution in [0, 0.1) is 0 Å². The van der Waals surface area contributed by atoms with Crippen molar-refractivity contribution in [1.82, 2.24) is 9.78 Å². The number of anilines is 1. The van der Waals surface area contributed by atoms with Crippen molar-refractivity contribution in [2.45, 2.75) is 51.4 Å². The van der Waals surface area contributed by atoms with Gasteiger partial charge in [-0.2, -0.15) is 5.10 Å². The van der Waals surface area contributed by atoms with Crippen LogP contribution in [-0.2, 0) is 13.5 Å². The van der Waals surface area contributed by atoms with Gasteiger partial charge in [0.1, 0.15) is 5.82 Å². The van der Waals surface area contributed by atoms with Gasteiger partial charge in [0.15, 0.2) is 0 Å². The lowest BCUT2D eigenvalue weighted by Gasteiger charge is -2.22. The van der Waals surface area contributed by atoms with Crippen LogP contribution < -0.4 is 5.73 Å². The third-order valence-corrected chi connectivity index (χ3v) is 3.57. The van der Waals surface area contributed by atoms with Crippen LogP contribution in [0.25, 0.3) is 0 Å². The molecule has 1 heterocycles. The molecule has 0 aliphatic heterocycles. The molecule has 3 heteroatoms. The van der Waals surface area contributed by atoms with E-state index >= 15 is 0 Å². The van der Waals surface area contributed by atoms with Gasteiger partial charge < -0.3 is 5.73 Å². The van der Waals surface area contributed by atoms with E-state index in [1.165, 1.54) is 43.4 Å². The largest absolute Gasteiger partial charge is 0.382 e. The Morgan fingerprint density at radius 1 is 1.33 bits per heavy atom. The standard InChI is InChI=1S/C12H21N3/c1-3-10-11(15(2)14-12(10)13)9-7-5-4-6-8-9/h9H,3-8H2,1-2H3,(H2,13,14). The molecule has 1 aliphatic rings. The van der Waals surface area contributed by atoms with Gasteiger partial charge in [-0.05, 0) is 19.3 Å². The third-order valence-electron chi connectivity index (χ3n) is 3.57. The van der Waals surface area contributed by atoms with Crippen LogP contribution in [0.5, 0.6) is 0 Å². The predicted molar refractivity (Wildman–Crippen MR) is 62.8 cm³/mol. The van der Waals surface area contributed by atoms with Gasteiger partial charge in [0.2, 0.25) is 0 Å². The Kier molecular flexibility index (Phi) is 2.98. The van der Waals surface area contributed by atoms with Crippen molar-refractivity contribution in [3.05, 3.63) is 11.3 Å². The number of hydrogen-bond donors (Lipinski definition) is 1. The second-order valence-corrected chi connectivity index (χ2v) is 4.56. The van der Waals surface area contributed by atoms with Crippen LogP contribution in [0.1, 0.15) is 56.2 Å². The van der Waals surface area contributed by atoms with Crippen molar-refractivity contribution in [2.24, 2.45) is 7.05 Å². The summed E-state index contributed by atoms with van der Waals surface area (Å²) in [5.74, 6) is 1.43. The summed E-state index contributed by atoms with van der Waals surface area (Å²) in [6.07, 6.45) is 7.74. The number of hydrogen-bond acceptors (Lipinski definition) is 2. The minimum absolute atomic E-state index is 0.698. The monoisotopic (exact) mass is 207 g/mol. The lowest BCUT2D eigenvalue weighted by Crippen LogP contribution is -2.11. The fourth-order valence-electron chi connectivity index (χ4n) is 2.85. The SMILES string of the molecule is CCc1c(N)nn(C)c1C1CCCCC1. The van der Waals surface area contributed by atoms with Crippen molar-refractivity contribution in [3.63, 3.8) is 0 Å². The van der Waals surface area contributed by atoms with Gasteiger partial charge in [-0.15, -0.1) is 0 Å². The molecule has 2 rings (SSSR count). The lowest BCUT2D eigenvalue weighted by molar-refractivity contribution is 0.422. The molecular weight excluding hydrogens is 186 g/mol. The maximum Gasteiger partial charge on any atom is 0.148 e. The first-order valence-electron chi connectivity index (χ1n) is 6.05. The van der Waals surface area contributed by atoms with Crippen molar-refractivity contribution in [1.29, 1.82) is 0 Å². The molecule has 1 aliphatic carbocycles. The molecule has 0 bridgehead atoms. The van der Waals surface area contributed by atoms with Gasteiger partial charge in [0.05, 0.1) is 0 Å². The molecule has 0 unspecified atom stereocenters. The van der Waals surface area contributed by atoms with Crippen molar-refractivity contribution >= 4 is 5.82 Å². The van der Waals surface area contributed by atoms with E-state index in [0.717, 1.165) is 12.2 Å². The zero-order valence-electron chi connectivity index (χ0n) is 9.79. The molecule has 3 nitrogen and oxygen atoms in total. The highest BCUT2D eigenvalue weighted by Gasteiger charge is 2.23. The summed E-state index contributed by atoms with van der Waals surface area (Å²) in [5, 5.41) is 4.35. The minimum atomic E-state index is 0.698. The normalized spacial score (nSPS) is 18.3. The summed E-state index contributed by atoms with van der Waals surface area (Å²) in [5.41, 5.74) is 8.61. The average molecular weight is 207 g/mol. The number of nitrogen functional groups attached to an aromatic ring is 1. The Balaban J connectivity index is 2.32. The highest BCUT2D eigenvalue weighted by Crippen LogP contribution is 2.35. The summed E-state index contributed by atoms with van der Waals surface area (Å²) in [4.78, 5) is 0. The number of aromatic nitrogens is 2. The molecular formula is C12H21N3. The molecule has 0 spiro atoms. The maximum absolute atomic E-state index is 5.93. The second-order valence-electron chi connectivity index (χ2n) is 4.56. The molecule has 1 aromatic heterocycles. The smallest absolute Gasteiger partial charge is 0.148 e. The van der Waals surface area contributed by atoms with Crippen molar-refractivity contribution in [3.8, 4) is 0 Å². The Bertz CT molecular complexity index is 335. The van der Waals surface area contributed by atoms with Gasteiger partial charge in [-0.3, -0.25) is 4.68 Å². The summed E-state index contributed by atoms with van der Waals surface area (Å²) in [7, 11) is 2.03. The Hall–Kier alpha value is -0.990. The molecule has 1 aromatic rings. The van der Waals surface area contributed by atoms with E-state index in [4.69, 9.17) is 5.73 Å². The zero-order chi connectivity index (χ0) is 10.8. The first-order chi connectivity index (χ1) is 7.24. The second kappa shape index (κ2) is 4.25. The average Bonchev–Trinajstić information content (AvgIpc) is 2.54. The summed E-state index contributed by atoms with van der Waals surface area (Å²) < 4.78 is 2.00.